The van der Waals surface area contributed by atoms with E-state index in [0.717, 1.165) is 27.6 Å². The van der Waals surface area contributed by atoms with Crippen LogP contribution in [-0.2, 0) is 0 Å². The van der Waals surface area contributed by atoms with Gasteiger partial charge in [-0.05, 0) is 24.3 Å². The predicted molar refractivity (Wildman–Crippen MR) is 93.9 cm³/mol. The Kier molecular flexibility index (Phi) is 3.22. The Bertz CT molecular complexity index is 1070. The molecule has 0 unspecified atom stereocenters. The lowest BCUT2D eigenvalue weighted by Crippen LogP contribution is -1.99. The van der Waals surface area contributed by atoms with Crippen molar-refractivity contribution in [2.75, 3.05) is 5.73 Å². The Morgan fingerprint density at radius 2 is 1.96 bits per heavy atom. The summed E-state index contributed by atoms with van der Waals surface area (Å²) in [7, 11) is 0. The van der Waals surface area contributed by atoms with Gasteiger partial charge in [-0.15, -0.1) is 0 Å². The van der Waals surface area contributed by atoms with Crippen molar-refractivity contribution < 1.29 is 0 Å². The van der Waals surface area contributed by atoms with E-state index < -0.39 is 0 Å². The predicted octanol–water partition coefficient (Wildman–Crippen LogP) is 3.75. The fourth-order valence-electron chi connectivity index (χ4n) is 2.85. The van der Waals surface area contributed by atoms with Crippen LogP contribution in [-0.4, -0.2) is 15.0 Å². The lowest BCUT2D eigenvalue weighted by Gasteiger charge is -2.09. The maximum absolute atomic E-state index is 9.54. The van der Waals surface area contributed by atoms with Crippen LogP contribution in [0.3, 0.4) is 0 Å². The van der Waals surface area contributed by atoms with Crippen LogP contribution in [0.4, 0.5) is 5.82 Å². The van der Waals surface area contributed by atoms with Crippen molar-refractivity contribution >= 4 is 16.7 Å². The van der Waals surface area contributed by atoms with Crippen LogP contribution in [0.1, 0.15) is 5.56 Å². The number of H-pyrrole nitrogens is 1. The molecule has 0 spiro atoms. The van der Waals surface area contributed by atoms with Crippen molar-refractivity contribution in [1.82, 2.24) is 15.0 Å². The third kappa shape index (κ3) is 2.18. The highest BCUT2D eigenvalue weighted by Crippen LogP contribution is 2.35. The van der Waals surface area contributed by atoms with Crippen LogP contribution in [0.15, 0.2) is 61.1 Å². The lowest BCUT2D eigenvalue weighted by atomic mass is 9.98. The van der Waals surface area contributed by atoms with Gasteiger partial charge in [0.05, 0.1) is 5.69 Å². The summed E-state index contributed by atoms with van der Waals surface area (Å²) in [6.07, 6.45) is 5.33. The number of fused-ring (bicyclic) bond motifs is 1. The number of nitriles is 1. The lowest BCUT2D eigenvalue weighted by molar-refractivity contribution is 1.27. The molecule has 4 aromatic rings. The van der Waals surface area contributed by atoms with Gasteiger partial charge < -0.3 is 10.7 Å². The van der Waals surface area contributed by atoms with Crippen molar-refractivity contribution in [2.24, 2.45) is 0 Å². The molecule has 0 aliphatic heterocycles. The number of nitrogen functional groups attached to an aromatic ring is 1. The highest BCUT2D eigenvalue weighted by atomic mass is 14.9. The molecule has 0 aliphatic rings. The van der Waals surface area contributed by atoms with E-state index >= 15 is 0 Å². The number of hydrogen-bond acceptors (Lipinski definition) is 4. The van der Waals surface area contributed by atoms with Gasteiger partial charge in [0.1, 0.15) is 17.5 Å². The maximum atomic E-state index is 9.54. The second kappa shape index (κ2) is 5.52. The minimum absolute atomic E-state index is 0.221. The third-order valence-electron chi connectivity index (χ3n) is 4.00. The number of aromatic amines is 1. The number of benzene rings is 1. The first-order chi connectivity index (χ1) is 11.8. The van der Waals surface area contributed by atoms with E-state index in [2.05, 4.69) is 21.0 Å². The molecule has 3 N–H and O–H groups in total. The largest absolute Gasteiger partial charge is 0.383 e. The molecule has 114 valence electrons. The zero-order valence-electron chi connectivity index (χ0n) is 12.7. The van der Waals surface area contributed by atoms with E-state index in [-0.39, 0.29) is 5.82 Å². The summed E-state index contributed by atoms with van der Waals surface area (Å²) >= 11 is 0. The van der Waals surface area contributed by atoms with Gasteiger partial charge >= 0.3 is 0 Å². The van der Waals surface area contributed by atoms with Crippen LogP contribution < -0.4 is 5.73 Å². The number of anilines is 1. The van der Waals surface area contributed by atoms with Gasteiger partial charge in [-0.25, -0.2) is 4.98 Å². The minimum Gasteiger partial charge on any atom is -0.383 e. The van der Waals surface area contributed by atoms with Crippen molar-refractivity contribution in [3.63, 3.8) is 0 Å². The van der Waals surface area contributed by atoms with Crippen LogP contribution in [0, 0.1) is 11.3 Å². The summed E-state index contributed by atoms with van der Waals surface area (Å²) in [4.78, 5) is 11.7. The molecular formula is C19H13N5. The highest BCUT2D eigenvalue weighted by Gasteiger charge is 2.16. The minimum atomic E-state index is 0.221. The number of hydrogen-bond donors (Lipinski definition) is 2. The molecular weight excluding hydrogens is 298 g/mol. The normalized spacial score (nSPS) is 10.6. The van der Waals surface area contributed by atoms with Gasteiger partial charge in [0, 0.05) is 46.2 Å². The smallest absolute Gasteiger partial charge is 0.142 e. The first-order valence-electron chi connectivity index (χ1n) is 7.45. The zero-order valence-corrected chi connectivity index (χ0v) is 12.7. The highest BCUT2D eigenvalue weighted by molar-refractivity contribution is 5.98. The Balaban J connectivity index is 2.01. The quantitative estimate of drug-likeness (QED) is 0.590. The van der Waals surface area contributed by atoms with Gasteiger partial charge in [-0.3, -0.25) is 4.98 Å². The second-order valence-corrected chi connectivity index (χ2v) is 5.42. The third-order valence-corrected chi connectivity index (χ3v) is 4.00. The molecule has 0 fully saturated rings. The van der Waals surface area contributed by atoms with E-state index in [1.807, 2.05) is 48.7 Å². The maximum Gasteiger partial charge on any atom is 0.142 e. The molecule has 0 bridgehead atoms. The Morgan fingerprint density at radius 3 is 2.75 bits per heavy atom. The van der Waals surface area contributed by atoms with Crippen LogP contribution in [0.5, 0.6) is 0 Å². The average Bonchev–Trinajstić information content (AvgIpc) is 3.06. The van der Waals surface area contributed by atoms with E-state index in [0.29, 0.717) is 11.3 Å². The molecule has 24 heavy (non-hydrogen) atoms. The first-order valence-corrected chi connectivity index (χ1v) is 7.45. The summed E-state index contributed by atoms with van der Waals surface area (Å²) in [5, 5.41) is 10.6. The van der Waals surface area contributed by atoms with Gasteiger partial charge in [-0.2, -0.15) is 5.26 Å². The number of rotatable bonds is 2. The molecule has 3 heterocycles. The summed E-state index contributed by atoms with van der Waals surface area (Å²) in [5.41, 5.74) is 10.7. The first kappa shape index (κ1) is 14.0. The van der Waals surface area contributed by atoms with E-state index in [1.165, 1.54) is 0 Å². The number of nitrogens with two attached hydrogens (primary N) is 1. The van der Waals surface area contributed by atoms with Crippen molar-refractivity contribution in [1.29, 1.82) is 5.26 Å². The fraction of sp³-hybridized carbons (Fsp3) is 0. The number of para-hydroxylation sites is 1. The van der Waals surface area contributed by atoms with Crippen LogP contribution in [0.2, 0.25) is 0 Å². The van der Waals surface area contributed by atoms with Crippen LogP contribution in [0.25, 0.3) is 33.3 Å². The molecule has 5 heteroatoms. The standard InChI is InChI=1S/C19H13N5/c20-9-15-14(16-11-23-17-6-2-1-5-13(16)17)8-18(24-19(15)21)12-4-3-7-22-10-12/h1-8,10-11,23H,(H2,21,24). The molecule has 5 nitrogen and oxygen atoms in total. The van der Waals surface area contributed by atoms with Crippen molar-refractivity contribution in [3.8, 4) is 28.5 Å². The van der Waals surface area contributed by atoms with E-state index in [9.17, 15) is 5.26 Å². The molecule has 3 aromatic heterocycles. The Morgan fingerprint density at radius 1 is 1.08 bits per heavy atom. The average molecular weight is 311 g/mol. The number of aromatic nitrogens is 3. The SMILES string of the molecule is N#Cc1c(-c2c[nH]c3ccccc23)cc(-c2cccnc2)nc1N. The summed E-state index contributed by atoms with van der Waals surface area (Å²) in [6.45, 7) is 0. The van der Waals surface area contributed by atoms with Gasteiger partial charge in [0.2, 0.25) is 0 Å². The molecule has 0 amide bonds. The Labute approximate surface area is 138 Å². The van der Waals surface area contributed by atoms with E-state index in [4.69, 9.17) is 5.73 Å². The van der Waals surface area contributed by atoms with Crippen LogP contribution >= 0.6 is 0 Å². The fourth-order valence-corrected chi connectivity index (χ4v) is 2.85. The van der Waals surface area contributed by atoms with Crippen molar-refractivity contribution in [3.05, 3.63) is 66.6 Å². The topological polar surface area (TPSA) is 91.4 Å². The number of nitrogens with zero attached hydrogens (tertiary/aromatic N) is 3. The molecule has 0 aliphatic carbocycles. The summed E-state index contributed by atoms with van der Waals surface area (Å²) in [5.74, 6) is 0.221. The molecule has 0 atom stereocenters. The second-order valence-electron chi connectivity index (χ2n) is 5.42. The van der Waals surface area contributed by atoms with Gasteiger partial charge in [0.15, 0.2) is 0 Å². The van der Waals surface area contributed by atoms with E-state index in [1.54, 1.807) is 12.4 Å². The van der Waals surface area contributed by atoms with Crippen molar-refractivity contribution in [2.45, 2.75) is 0 Å². The monoisotopic (exact) mass is 311 g/mol. The summed E-state index contributed by atoms with van der Waals surface area (Å²) in [6, 6.07) is 15.8. The van der Waals surface area contributed by atoms with Gasteiger partial charge in [-0.1, -0.05) is 18.2 Å². The summed E-state index contributed by atoms with van der Waals surface area (Å²) < 4.78 is 0. The molecule has 0 saturated carbocycles. The Hall–Kier alpha value is -3.65. The molecule has 4 rings (SSSR count). The number of nitrogens with one attached hydrogen (secondary N) is 1. The zero-order chi connectivity index (χ0) is 16.5. The molecule has 1 aromatic carbocycles. The van der Waals surface area contributed by atoms with Gasteiger partial charge in [0.25, 0.3) is 0 Å². The number of pyridine rings is 2. The molecule has 0 saturated heterocycles. The molecule has 0 radical (unpaired) electrons.